The zero-order valence-electron chi connectivity index (χ0n) is 17.6. The van der Waals surface area contributed by atoms with Crippen LogP contribution in [0.4, 0.5) is 0 Å². The molecule has 0 aliphatic rings. The molecule has 0 atom stereocenters. The van der Waals surface area contributed by atoms with Gasteiger partial charge < -0.3 is 25.5 Å². The Morgan fingerprint density at radius 3 is 2.55 bits per heavy atom. The number of nitrogens with zero attached hydrogens (tertiary/aromatic N) is 1. The van der Waals surface area contributed by atoms with Gasteiger partial charge in [-0.15, -0.1) is 24.0 Å². The first-order chi connectivity index (χ1) is 14.5. The van der Waals surface area contributed by atoms with Crippen molar-refractivity contribution >= 4 is 35.8 Å². The zero-order chi connectivity index (χ0) is 21.3. The molecule has 3 rings (SSSR count). The van der Waals surface area contributed by atoms with E-state index in [0.717, 1.165) is 22.6 Å². The van der Waals surface area contributed by atoms with E-state index in [-0.39, 0.29) is 29.7 Å². The number of rotatable bonds is 8. The Balaban J connectivity index is 0.00000341. The predicted octanol–water partition coefficient (Wildman–Crippen LogP) is 4.35. The summed E-state index contributed by atoms with van der Waals surface area (Å²) in [6, 6.07) is 19.0. The summed E-state index contributed by atoms with van der Waals surface area (Å²) in [7, 11) is 0. The van der Waals surface area contributed by atoms with Crippen molar-refractivity contribution in [2.24, 2.45) is 10.7 Å². The van der Waals surface area contributed by atoms with Crippen LogP contribution < -0.4 is 21.1 Å². The van der Waals surface area contributed by atoms with Gasteiger partial charge in [0.15, 0.2) is 11.7 Å². The Bertz CT molecular complexity index is 1020. The van der Waals surface area contributed by atoms with Gasteiger partial charge in [0.05, 0.1) is 13.1 Å². The standard InChI is InChI=1S/C23H26N4O3.HI/c1-3-25-23(27-15-19-11-12-20(30-19)22(24)28)26-14-17-10-9-16(2)13-21(17)29-18-7-5-4-6-8-18;/h4-13H,3,14-15H2,1-2H3,(H2,24,28)(H2,25,26,27);1H. The lowest BCUT2D eigenvalue weighted by atomic mass is 10.1. The number of benzene rings is 2. The predicted molar refractivity (Wildman–Crippen MR) is 132 cm³/mol. The van der Waals surface area contributed by atoms with Gasteiger partial charge in [-0.1, -0.05) is 30.3 Å². The molecule has 1 amide bonds. The number of nitrogens with two attached hydrogens (primary N) is 1. The van der Waals surface area contributed by atoms with E-state index in [1.165, 1.54) is 0 Å². The van der Waals surface area contributed by atoms with Gasteiger partial charge in [-0.3, -0.25) is 4.79 Å². The zero-order valence-corrected chi connectivity index (χ0v) is 19.9. The third kappa shape index (κ3) is 7.32. The number of ether oxygens (including phenoxy) is 1. The highest BCUT2D eigenvalue weighted by molar-refractivity contribution is 14.0. The van der Waals surface area contributed by atoms with Gasteiger partial charge in [-0.05, 0) is 49.7 Å². The maximum absolute atomic E-state index is 11.2. The second-order valence-corrected chi connectivity index (χ2v) is 6.71. The fourth-order valence-electron chi connectivity index (χ4n) is 2.79. The van der Waals surface area contributed by atoms with Crippen molar-refractivity contribution in [1.29, 1.82) is 0 Å². The van der Waals surface area contributed by atoms with Crippen LogP contribution >= 0.6 is 24.0 Å². The lowest BCUT2D eigenvalue weighted by Gasteiger charge is -2.13. The van der Waals surface area contributed by atoms with E-state index < -0.39 is 5.91 Å². The monoisotopic (exact) mass is 534 g/mol. The van der Waals surface area contributed by atoms with Crippen LogP contribution in [0.15, 0.2) is 70.1 Å². The number of carbonyl (C=O) groups excluding carboxylic acids is 1. The summed E-state index contributed by atoms with van der Waals surface area (Å²) < 4.78 is 11.5. The number of para-hydroxylation sites is 1. The van der Waals surface area contributed by atoms with Crippen LogP contribution in [0.3, 0.4) is 0 Å². The lowest BCUT2D eigenvalue weighted by molar-refractivity contribution is 0.0972. The Hall–Kier alpha value is -3.01. The first-order valence-corrected chi connectivity index (χ1v) is 9.78. The molecule has 1 aromatic heterocycles. The number of furan rings is 1. The normalized spacial score (nSPS) is 10.8. The largest absolute Gasteiger partial charge is 0.457 e. The van der Waals surface area contributed by atoms with Crippen LogP contribution in [0, 0.1) is 6.92 Å². The van der Waals surface area contributed by atoms with E-state index in [9.17, 15) is 4.79 Å². The second kappa shape index (κ2) is 12.0. The third-order valence-corrected chi connectivity index (χ3v) is 4.28. The van der Waals surface area contributed by atoms with E-state index >= 15 is 0 Å². The molecular weight excluding hydrogens is 507 g/mol. The van der Waals surface area contributed by atoms with E-state index in [4.69, 9.17) is 14.9 Å². The second-order valence-electron chi connectivity index (χ2n) is 6.71. The molecule has 1 heterocycles. The van der Waals surface area contributed by atoms with Crippen molar-refractivity contribution in [3.8, 4) is 11.5 Å². The van der Waals surface area contributed by atoms with Crippen molar-refractivity contribution in [3.05, 3.63) is 83.3 Å². The van der Waals surface area contributed by atoms with Crippen LogP contribution in [-0.4, -0.2) is 18.4 Å². The maximum atomic E-state index is 11.2. The molecule has 3 aromatic rings. The van der Waals surface area contributed by atoms with Gasteiger partial charge in [0.25, 0.3) is 5.91 Å². The topological polar surface area (TPSA) is 102 Å². The summed E-state index contributed by atoms with van der Waals surface area (Å²) in [6.45, 7) is 5.53. The number of aryl methyl sites for hydroxylation is 1. The average Bonchev–Trinajstić information content (AvgIpc) is 3.21. The van der Waals surface area contributed by atoms with Crippen molar-refractivity contribution in [2.45, 2.75) is 26.9 Å². The number of amides is 1. The molecule has 0 saturated carbocycles. The Kier molecular flexibility index (Phi) is 9.39. The highest BCUT2D eigenvalue weighted by Gasteiger charge is 2.09. The van der Waals surface area contributed by atoms with Gasteiger partial charge in [-0.2, -0.15) is 0 Å². The molecule has 7 nitrogen and oxygen atoms in total. The van der Waals surface area contributed by atoms with Crippen LogP contribution in [0.1, 0.15) is 34.4 Å². The van der Waals surface area contributed by atoms with E-state index in [0.29, 0.717) is 31.4 Å². The molecule has 0 aliphatic carbocycles. The third-order valence-electron chi connectivity index (χ3n) is 4.28. The van der Waals surface area contributed by atoms with Crippen LogP contribution in [-0.2, 0) is 13.1 Å². The van der Waals surface area contributed by atoms with Gasteiger partial charge in [0.1, 0.15) is 17.3 Å². The van der Waals surface area contributed by atoms with Crippen LogP contribution in [0.5, 0.6) is 11.5 Å². The molecule has 0 unspecified atom stereocenters. The minimum atomic E-state index is -0.591. The maximum Gasteiger partial charge on any atom is 0.284 e. The molecule has 0 spiro atoms. The Morgan fingerprint density at radius 2 is 1.87 bits per heavy atom. The Labute approximate surface area is 199 Å². The summed E-state index contributed by atoms with van der Waals surface area (Å²) in [6.07, 6.45) is 0. The summed E-state index contributed by atoms with van der Waals surface area (Å²) in [5, 5.41) is 6.39. The first-order valence-electron chi connectivity index (χ1n) is 9.78. The number of nitrogens with one attached hydrogen (secondary N) is 2. The van der Waals surface area contributed by atoms with Gasteiger partial charge in [0.2, 0.25) is 0 Å². The molecule has 2 aromatic carbocycles. The van der Waals surface area contributed by atoms with Gasteiger partial charge >= 0.3 is 0 Å². The van der Waals surface area contributed by atoms with Crippen LogP contribution in [0.2, 0.25) is 0 Å². The van der Waals surface area contributed by atoms with Crippen LogP contribution in [0.25, 0.3) is 0 Å². The smallest absolute Gasteiger partial charge is 0.284 e. The minimum Gasteiger partial charge on any atom is -0.457 e. The minimum absolute atomic E-state index is 0. The van der Waals surface area contributed by atoms with Crippen molar-refractivity contribution in [3.63, 3.8) is 0 Å². The highest BCUT2D eigenvalue weighted by Crippen LogP contribution is 2.27. The number of carbonyl (C=O) groups is 1. The number of guanidine groups is 1. The molecule has 0 saturated heterocycles. The molecule has 0 radical (unpaired) electrons. The molecule has 0 aliphatic heterocycles. The van der Waals surface area contributed by atoms with Crippen molar-refractivity contribution < 1.29 is 13.9 Å². The fourth-order valence-corrected chi connectivity index (χ4v) is 2.79. The summed E-state index contributed by atoms with van der Waals surface area (Å²) in [4.78, 5) is 15.8. The molecule has 0 fully saturated rings. The quantitative estimate of drug-likeness (QED) is 0.227. The van der Waals surface area contributed by atoms with Crippen molar-refractivity contribution in [2.75, 3.05) is 6.54 Å². The van der Waals surface area contributed by atoms with Gasteiger partial charge in [0, 0.05) is 12.1 Å². The first kappa shape index (κ1) is 24.3. The molecule has 4 N–H and O–H groups in total. The fraction of sp³-hybridized carbons (Fsp3) is 0.217. The lowest BCUT2D eigenvalue weighted by Crippen LogP contribution is -2.36. The number of halogens is 1. The summed E-state index contributed by atoms with van der Waals surface area (Å²) >= 11 is 0. The van der Waals surface area contributed by atoms with E-state index in [1.807, 2.05) is 62.4 Å². The van der Waals surface area contributed by atoms with E-state index in [1.54, 1.807) is 12.1 Å². The number of aliphatic imine (C=N–C) groups is 1. The average molecular weight is 534 g/mol. The number of hydrogen-bond donors (Lipinski definition) is 3. The SMILES string of the molecule is CCNC(=NCc1ccc(C)cc1Oc1ccccc1)NCc1ccc(C(N)=O)o1.I. The summed E-state index contributed by atoms with van der Waals surface area (Å²) in [5.41, 5.74) is 7.30. The number of hydrogen-bond acceptors (Lipinski definition) is 4. The molecule has 0 bridgehead atoms. The summed E-state index contributed by atoms with van der Waals surface area (Å²) in [5.74, 6) is 2.32. The van der Waals surface area contributed by atoms with Gasteiger partial charge in [-0.25, -0.2) is 4.99 Å². The number of primary amides is 1. The Morgan fingerprint density at radius 1 is 1.10 bits per heavy atom. The molecule has 164 valence electrons. The highest BCUT2D eigenvalue weighted by atomic mass is 127. The van der Waals surface area contributed by atoms with Crippen molar-refractivity contribution in [1.82, 2.24) is 10.6 Å². The molecule has 31 heavy (non-hydrogen) atoms. The molecule has 8 heteroatoms. The van der Waals surface area contributed by atoms with E-state index in [2.05, 4.69) is 15.6 Å². The molecular formula is C23H27IN4O3.